The molecule has 2 aliphatic heterocycles. The summed E-state index contributed by atoms with van der Waals surface area (Å²) in [5, 5.41) is 11.2. The molecule has 8 atom stereocenters. The molecule has 40 heavy (non-hydrogen) atoms. The van der Waals surface area contributed by atoms with Crippen LogP contribution in [0, 0.1) is 17.8 Å². The van der Waals surface area contributed by atoms with Crippen LogP contribution in [-0.2, 0) is 28.5 Å². The highest BCUT2D eigenvalue weighted by atomic mass is 16.7. The van der Waals surface area contributed by atoms with Gasteiger partial charge in [0, 0.05) is 32.0 Å². The standard InChI is InChI=1S/C33H56O7/c1-24(2)17-18-25(3)29(39-32-15-9-11-21-37-32)20-19-27-26(13-7-5-6-8-14-31(35)36-4)28(34)23-30(27)40-33-16-10-12-22-38-33/h17,19-20,25-30,32-34H,5-16,18,21-23H2,1-4H3/b20-19+/t25?,26-,27-,28+,29-,30-,32?,33?/m1/s1. The van der Waals surface area contributed by atoms with Crippen molar-refractivity contribution < 1.29 is 33.6 Å². The van der Waals surface area contributed by atoms with Crippen LogP contribution in [0.25, 0.3) is 0 Å². The van der Waals surface area contributed by atoms with Crippen LogP contribution in [-0.4, -0.2) is 62.3 Å². The number of allylic oxidation sites excluding steroid dienone is 2. The van der Waals surface area contributed by atoms with Gasteiger partial charge in [0.1, 0.15) is 0 Å². The zero-order valence-electron chi connectivity index (χ0n) is 25.6. The smallest absolute Gasteiger partial charge is 0.305 e. The van der Waals surface area contributed by atoms with Crippen molar-refractivity contribution in [2.24, 2.45) is 17.8 Å². The Hall–Kier alpha value is -1.25. The summed E-state index contributed by atoms with van der Waals surface area (Å²) in [5.74, 6) is 0.391. The molecule has 1 aliphatic carbocycles. The van der Waals surface area contributed by atoms with E-state index in [1.54, 1.807) is 0 Å². The molecule has 230 valence electrons. The van der Waals surface area contributed by atoms with Gasteiger partial charge in [-0.25, -0.2) is 0 Å². The minimum absolute atomic E-state index is 0.0676. The number of methoxy groups -OCH3 is 1. The lowest BCUT2D eigenvalue weighted by atomic mass is 9.87. The SMILES string of the molecule is COC(=O)CCCCCC[C@@H]1[C@@H](/C=C/[C@@H](OC2CCCCO2)C(C)CC=C(C)C)[C@H](OC2CCCCO2)C[C@@H]1O. The van der Waals surface area contributed by atoms with Crippen molar-refractivity contribution >= 4 is 5.97 Å². The second-order valence-corrected chi connectivity index (χ2v) is 12.3. The number of rotatable bonds is 16. The van der Waals surface area contributed by atoms with E-state index in [1.165, 1.54) is 12.7 Å². The van der Waals surface area contributed by atoms with Crippen LogP contribution in [0.15, 0.2) is 23.8 Å². The Balaban J connectivity index is 1.68. The van der Waals surface area contributed by atoms with Gasteiger partial charge in [0.25, 0.3) is 0 Å². The molecule has 2 heterocycles. The zero-order chi connectivity index (χ0) is 28.7. The number of hydrogen-bond acceptors (Lipinski definition) is 7. The summed E-state index contributed by atoms with van der Waals surface area (Å²) < 4.78 is 29.7. The largest absolute Gasteiger partial charge is 0.469 e. The van der Waals surface area contributed by atoms with Gasteiger partial charge < -0.3 is 28.8 Å². The molecular weight excluding hydrogens is 508 g/mol. The van der Waals surface area contributed by atoms with Gasteiger partial charge in [0.15, 0.2) is 12.6 Å². The first kappa shape index (κ1) is 33.3. The Morgan fingerprint density at radius 1 is 1.00 bits per heavy atom. The van der Waals surface area contributed by atoms with Gasteiger partial charge in [-0.15, -0.1) is 0 Å². The Morgan fingerprint density at radius 2 is 1.70 bits per heavy atom. The predicted molar refractivity (Wildman–Crippen MR) is 157 cm³/mol. The summed E-state index contributed by atoms with van der Waals surface area (Å²) in [7, 11) is 1.44. The van der Waals surface area contributed by atoms with Crippen molar-refractivity contribution in [3.63, 3.8) is 0 Å². The second kappa shape index (κ2) is 18.3. The Morgan fingerprint density at radius 3 is 2.35 bits per heavy atom. The number of carbonyl (C=O) groups excluding carboxylic acids is 1. The molecule has 0 aromatic heterocycles. The van der Waals surface area contributed by atoms with Crippen LogP contribution < -0.4 is 0 Å². The normalized spacial score (nSPS) is 30.7. The molecule has 0 spiro atoms. The number of carbonyl (C=O) groups is 1. The number of aliphatic hydroxyl groups is 1. The van der Waals surface area contributed by atoms with Crippen molar-refractivity contribution in [3.05, 3.63) is 23.8 Å². The minimum Gasteiger partial charge on any atom is -0.469 e. The van der Waals surface area contributed by atoms with Crippen molar-refractivity contribution in [1.29, 1.82) is 0 Å². The topological polar surface area (TPSA) is 83.5 Å². The fourth-order valence-corrected chi connectivity index (χ4v) is 6.17. The Bertz CT molecular complexity index is 765. The number of unbranched alkanes of at least 4 members (excludes halogenated alkanes) is 3. The first-order chi connectivity index (χ1) is 19.4. The monoisotopic (exact) mass is 564 g/mol. The average molecular weight is 565 g/mol. The van der Waals surface area contributed by atoms with Gasteiger partial charge in [-0.2, -0.15) is 0 Å². The molecule has 0 aromatic rings. The maximum absolute atomic E-state index is 11.4. The summed E-state index contributed by atoms with van der Waals surface area (Å²) in [6.45, 7) is 8.03. The van der Waals surface area contributed by atoms with E-state index >= 15 is 0 Å². The molecule has 1 saturated carbocycles. The number of ether oxygens (including phenoxy) is 5. The lowest BCUT2D eigenvalue weighted by Crippen LogP contribution is -2.32. The lowest BCUT2D eigenvalue weighted by Gasteiger charge is -2.31. The van der Waals surface area contributed by atoms with Gasteiger partial charge in [0.2, 0.25) is 0 Å². The van der Waals surface area contributed by atoms with E-state index in [1.807, 2.05) is 0 Å². The molecular formula is C33H56O7. The van der Waals surface area contributed by atoms with Crippen LogP contribution >= 0.6 is 0 Å². The number of esters is 1. The van der Waals surface area contributed by atoms with Crippen molar-refractivity contribution in [3.8, 4) is 0 Å². The highest BCUT2D eigenvalue weighted by Gasteiger charge is 2.43. The second-order valence-electron chi connectivity index (χ2n) is 12.3. The molecule has 3 rings (SSSR count). The minimum atomic E-state index is -0.401. The van der Waals surface area contributed by atoms with E-state index < -0.39 is 6.10 Å². The Labute approximate surface area is 243 Å². The van der Waals surface area contributed by atoms with E-state index in [2.05, 4.69) is 39.0 Å². The zero-order valence-corrected chi connectivity index (χ0v) is 25.6. The first-order valence-electron chi connectivity index (χ1n) is 16.0. The van der Waals surface area contributed by atoms with E-state index in [9.17, 15) is 9.90 Å². The van der Waals surface area contributed by atoms with Crippen molar-refractivity contribution in [2.75, 3.05) is 20.3 Å². The van der Waals surface area contributed by atoms with Crippen LogP contribution in [0.2, 0.25) is 0 Å². The third-order valence-electron chi connectivity index (χ3n) is 8.68. The van der Waals surface area contributed by atoms with E-state index in [0.29, 0.717) is 18.8 Å². The molecule has 0 bridgehead atoms. The molecule has 0 amide bonds. The predicted octanol–water partition coefficient (Wildman–Crippen LogP) is 6.87. The summed E-state index contributed by atoms with van der Waals surface area (Å²) >= 11 is 0. The highest BCUT2D eigenvalue weighted by molar-refractivity contribution is 5.68. The summed E-state index contributed by atoms with van der Waals surface area (Å²) in [5.41, 5.74) is 1.31. The molecule has 3 fully saturated rings. The van der Waals surface area contributed by atoms with Crippen LogP contribution in [0.5, 0.6) is 0 Å². The average Bonchev–Trinajstić information content (AvgIpc) is 3.25. The van der Waals surface area contributed by atoms with Gasteiger partial charge in [-0.3, -0.25) is 4.79 Å². The molecule has 3 aliphatic rings. The molecule has 7 heteroatoms. The van der Waals surface area contributed by atoms with Crippen LogP contribution in [0.3, 0.4) is 0 Å². The molecule has 3 unspecified atom stereocenters. The first-order valence-corrected chi connectivity index (χ1v) is 16.0. The summed E-state index contributed by atoms with van der Waals surface area (Å²) in [4.78, 5) is 11.4. The lowest BCUT2D eigenvalue weighted by molar-refractivity contribution is -0.193. The summed E-state index contributed by atoms with van der Waals surface area (Å²) in [6, 6.07) is 0. The molecule has 7 nitrogen and oxygen atoms in total. The maximum atomic E-state index is 11.4. The van der Waals surface area contributed by atoms with Gasteiger partial charge in [0.05, 0.1) is 25.4 Å². The molecule has 2 saturated heterocycles. The van der Waals surface area contributed by atoms with E-state index in [4.69, 9.17) is 23.7 Å². The molecule has 1 N–H and O–H groups in total. The highest BCUT2D eigenvalue weighted by Crippen LogP contribution is 2.40. The van der Waals surface area contributed by atoms with Gasteiger partial charge in [-0.1, -0.05) is 50.0 Å². The number of hydrogen-bond donors (Lipinski definition) is 1. The maximum Gasteiger partial charge on any atom is 0.305 e. The fraction of sp³-hybridized carbons (Fsp3) is 0.848. The molecule has 0 aromatic carbocycles. The van der Waals surface area contributed by atoms with Crippen LogP contribution in [0.1, 0.15) is 111 Å². The number of aliphatic hydroxyl groups excluding tert-OH is 1. The van der Waals surface area contributed by atoms with E-state index in [0.717, 1.165) is 90.3 Å². The fourth-order valence-electron chi connectivity index (χ4n) is 6.17. The van der Waals surface area contributed by atoms with Gasteiger partial charge in [-0.05, 0) is 83.5 Å². The van der Waals surface area contributed by atoms with Crippen molar-refractivity contribution in [1.82, 2.24) is 0 Å². The molecule has 0 radical (unpaired) electrons. The summed E-state index contributed by atoms with van der Waals surface area (Å²) in [6.07, 6.45) is 19.1. The third-order valence-corrected chi connectivity index (χ3v) is 8.68. The van der Waals surface area contributed by atoms with Crippen molar-refractivity contribution in [2.45, 2.75) is 142 Å². The quantitative estimate of drug-likeness (QED) is 0.124. The Kier molecular flexibility index (Phi) is 15.2. The third kappa shape index (κ3) is 11.6. The van der Waals surface area contributed by atoms with Crippen LogP contribution in [0.4, 0.5) is 0 Å². The van der Waals surface area contributed by atoms with Gasteiger partial charge >= 0.3 is 5.97 Å². The van der Waals surface area contributed by atoms with E-state index in [-0.39, 0.29) is 42.6 Å².